The molecule has 0 aliphatic rings. The average molecular weight is 346 g/mol. The normalized spacial score (nSPS) is 10.8. The Bertz CT molecular complexity index is 1070. The van der Waals surface area contributed by atoms with Crippen molar-refractivity contribution in [1.29, 1.82) is 0 Å². The lowest BCUT2D eigenvalue weighted by Gasteiger charge is -2.11. The lowest BCUT2D eigenvalue weighted by Crippen LogP contribution is -2.04. The van der Waals surface area contributed by atoms with Crippen molar-refractivity contribution >= 4 is 16.7 Å². The van der Waals surface area contributed by atoms with E-state index in [0.717, 1.165) is 16.5 Å². The molecule has 0 fully saturated rings. The monoisotopic (exact) mass is 346 g/mol. The fraction of sp³-hybridized carbons (Fsp3) is 0.0500. The molecule has 0 atom stereocenters. The SMILES string of the molecule is Oc1ccc(CNc2nc(-c3cccnc3)nc3ccccc23)cc1F. The summed E-state index contributed by atoms with van der Waals surface area (Å²) in [7, 11) is 0. The van der Waals surface area contributed by atoms with Crippen LogP contribution in [0.2, 0.25) is 0 Å². The molecule has 2 aromatic heterocycles. The second-order valence-corrected chi connectivity index (χ2v) is 5.79. The number of nitrogens with zero attached hydrogens (tertiary/aromatic N) is 3. The molecule has 4 rings (SSSR count). The molecule has 2 aromatic carbocycles. The third-order valence-corrected chi connectivity index (χ3v) is 4.00. The van der Waals surface area contributed by atoms with E-state index in [4.69, 9.17) is 0 Å². The number of halogens is 1. The lowest BCUT2D eigenvalue weighted by atomic mass is 10.2. The molecule has 2 N–H and O–H groups in total. The van der Waals surface area contributed by atoms with Gasteiger partial charge in [-0.1, -0.05) is 18.2 Å². The Balaban J connectivity index is 1.72. The van der Waals surface area contributed by atoms with Gasteiger partial charge in [-0.05, 0) is 42.0 Å². The minimum absolute atomic E-state index is 0.361. The number of phenolic OH excluding ortho intramolecular Hbond substituents is 1. The van der Waals surface area contributed by atoms with Crippen molar-refractivity contribution in [2.45, 2.75) is 6.54 Å². The highest BCUT2D eigenvalue weighted by atomic mass is 19.1. The van der Waals surface area contributed by atoms with Crippen molar-refractivity contribution in [1.82, 2.24) is 15.0 Å². The molecule has 4 aromatic rings. The van der Waals surface area contributed by atoms with Crippen LogP contribution in [-0.2, 0) is 6.54 Å². The zero-order valence-electron chi connectivity index (χ0n) is 13.7. The van der Waals surface area contributed by atoms with Crippen molar-refractivity contribution in [3.63, 3.8) is 0 Å². The number of rotatable bonds is 4. The van der Waals surface area contributed by atoms with Crippen molar-refractivity contribution in [2.24, 2.45) is 0 Å². The summed E-state index contributed by atoms with van der Waals surface area (Å²) in [4.78, 5) is 13.3. The van der Waals surface area contributed by atoms with Gasteiger partial charge in [0.1, 0.15) is 5.82 Å². The van der Waals surface area contributed by atoms with Gasteiger partial charge in [-0.25, -0.2) is 14.4 Å². The quantitative estimate of drug-likeness (QED) is 0.581. The second-order valence-electron chi connectivity index (χ2n) is 5.79. The van der Waals surface area contributed by atoms with Crippen molar-refractivity contribution in [3.8, 4) is 17.1 Å². The van der Waals surface area contributed by atoms with E-state index in [2.05, 4.69) is 20.3 Å². The highest BCUT2D eigenvalue weighted by Crippen LogP contribution is 2.25. The zero-order chi connectivity index (χ0) is 17.9. The number of aromatic nitrogens is 3. The summed E-state index contributed by atoms with van der Waals surface area (Å²) in [6.07, 6.45) is 3.41. The molecule has 5 nitrogen and oxygen atoms in total. The number of nitrogens with one attached hydrogen (secondary N) is 1. The zero-order valence-corrected chi connectivity index (χ0v) is 13.7. The van der Waals surface area contributed by atoms with Gasteiger partial charge in [-0.3, -0.25) is 4.98 Å². The van der Waals surface area contributed by atoms with Gasteiger partial charge in [-0.15, -0.1) is 0 Å². The van der Waals surface area contributed by atoms with Gasteiger partial charge in [0.15, 0.2) is 17.4 Å². The van der Waals surface area contributed by atoms with Crippen LogP contribution in [0.25, 0.3) is 22.3 Å². The van der Waals surface area contributed by atoms with Crippen LogP contribution in [0.1, 0.15) is 5.56 Å². The number of anilines is 1. The number of fused-ring (bicyclic) bond motifs is 1. The topological polar surface area (TPSA) is 70.9 Å². The molecule has 26 heavy (non-hydrogen) atoms. The first-order valence-corrected chi connectivity index (χ1v) is 8.09. The van der Waals surface area contributed by atoms with Crippen LogP contribution in [0.4, 0.5) is 10.2 Å². The Kier molecular flexibility index (Phi) is 4.15. The van der Waals surface area contributed by atoms with Gasteiger partial charge in [0, 0.05) is 29.9 Å². The Labute approximate surface area is 149 Å². The predicted octanol–water partition coefficient (Wildman–Crippen LogP) is 4.15. The van der Waals surface area contributed by atoms with Crippen LogP contribution in [0, 0.1) is 5.82 Å². The highest BCUT2D eigenvalue weighted by Gasteiger charge is 2.10. The average Bonchev–Trinajstić information content (AvgIpc) is 2.69. The Morgan fingerprint density at radius 1 is 1.00 bits per heavy atom. The number of pyridine rings is 1. The summed E-state index contributed by atoms with van der Waals surface area (Å²) in [5.74, 6) is 0.215. The van der Waals surface area contributed by atoms with E-state index in [1.54, 1.807) is 18.5 Å². The predicted molar refractivity (Wildman–Crippen MR) is 98.2 cm³/mol. The molecule has 0 amide bonds. The number of aromatic hydroxyl groups is 1. The summed E-state index contributed by atoms with van der Waals surface area (Å²) in [6.45, 7) is 0.366. The molecule has 2 heterocycles. The fourth-order valence-electron chi connectivity index (χ4n) is 2.68. The third kappa shape index (κ3) is 3.17. The molecule has 6 heteroatoms. The Morgan fingerprint density at radius 2 is 1.88 bits per heavy atom. The summed E-state index contributed by atoms with van der Waals surface area (Å²) in [5.41, 5.74) is 2.32. The van der Waals surface area contributed by atoms with Gasteiger partial charge >= 0.3 is 0 Å². The molecule has 0 unspecified atom stereocenters. The van der Waals surface area contributed by atoms with Crippen molar-refractivity contribution in [3.05, 3.63) is 78.4 Å². The third-order valence-electron chi connectivity index (χ3n) is 4.00. The maximum absolute atomic E-state index is 13.5. The van der Waals surface area contributed by atoms with Crippen molar-refractivity contribution < 1.29 is 9.50 Å². The minimum atomic E-state index is -0.645. The lowest BCUT2D eigenvalue weighted by molar-refractivity contribution is 0.432. The minimum Gasteiger partial charge on any atom is -0.505 e. The van der Waals surface area contributed by atoms with Crippen LogP contribution in [-0.4, -0.2) is 20.1 Å². The van der Waals surface area contributed by atoms with Gasteiger partial charge in [0.2, 0.25) is 0 Å². The van der Waals surface area contributed by atoms with Gasteiger partial charge in [0.25, 0.3) is 0 Å². The first-order chi connectivity index (χ1) is 12.7. The molecule has 0 saturated heterocycles. The summed E-state index contributed by atoms with van der Waals surface area (Å²) >= 11 is 0. The molecule has 0 aliphatic carbocycles. The highest BCUT2D eigenvalue weighted by molar-refractivity contribution is 5.90. The number of phenols is 1. The molecule has 0 aliphatic heterocycles. The van der Waals surface area contributed by atoms with Gasteiger partial charge in [-0.2, -0.15) is 0 Å². The number of para-hydroxylation sites is 1. The molecule has 0 radical (unpaired) electrons. The largest absolute Gasteiger partial charge is 0.505 e. The summed E-state index contributed by atoms with van der Waals surface area (Å²) < 4.78 is 13.5. The molecule has 0 saturated carbocycles. The molecule has 0 spiro atoms. The van der Waals surface area contributed by atoms with E-state index in [-0.39, 0.29) is 5.75 Å². The maximum Gasteiger partial charge on any atom is 0.165 e. The number of benzene rings is 2. The Morgan fingerprint density at radius 3 is 2.69 bits per heavy atom. The van der Waals surface area contributed by atoms with Crippen LogP contribution in [0.3, 0.4) is 0 Å². The van der Waals surface area contributed by atoms with Crippen LogP contribution in [0.15, 0.2) is 67.0 Å². The molecule has 0 bridgehead atoms. The smallest absolute Gasteiger partial charge is 0.165 e. The van der Waals surface area contributed by atoms with Crippen molar-refractivity contribution in [2.75, 3.05) is 5.32 Å². The number of hydrogen-bond acceptors (Lipinski definition) is 5. The molecular formula is C20H15FN4O. The standard InChI is InChI=1S/C20H15FN4O/c21-16-10-13(7-8-18(16)26)11-23-20-15-5-1-2-6-17(15)24-19(25-20)14-4-3-9-22-12-14/h1-10,12,26H,11H2,(H,23,24,25). The first-order valence-electron chi connectivity index (χ1n) is 8.09. The van der Waals surface area contributed by atoms with E-state index < -0.39 is 5.82 Å². The van der Waals surface area contributed by atoms with Crippen LogP contribution in [0.5, 0.6) is 5.75 Å². The maximum atomic E-state index is 13.5. The second kappa shape index (κ2) is 6.76. The fourth-order valence-corrected chi connectivity index (χ4v) is 2.68. The van der Waals surface area contributed by atoms with E-state index >= 15 is 0 Å². The van der Waals surface area contributed by atoms with E-state index in [1.165, 1.54) is 12.1 Å². The Hall–Kier alpha value is -3.54. The molecule has 128 valence electrons. The van der Waals surface area contributed by atoms with E-state index in [0.29, 0.717) is 23.8 Å². The first kappa shape index (κ1) is 16.0. The number of hydrogen-bond donors (Lipinski definition) is 2. The van der Waals surface area contributed by atoms with Crippen LogP contribution < -0.4 is 5.32 Å². The summed E-state index contributed by atoms with van der Waals surface area (Å²) in [5, 5.41) is 13.4. The summed E-state index contributed by atoms with van der Waals surface area (Å²) in [6, 6.07) is 15.7. The van der Waals surface area contributed by atoms with E-state index in [9.17, 15) is 9.50 Å². The van der Waals surface area contributed by atoms with Crippen LogP contribution >= 0.6 is 0 Å². The van der Waals surface area contributed by atoms with Gasteiger partial charge in [0.05, 0.1) is 5.52 Å². The van der Waals surface area contributed by atoms with E-state index in [1.807, 2.05) is 36.4 Å². The molecular weight excluding hydrogens is 331 g/mol. The van der Waals surface area contributed by atoms with Gasteiger partial charge < -0.3 is 10.4 Å².